The molecule has 0 aromatic carbocycles. The maximum Gasteiger partial charge on any atom is 0.209 e. The average Bonchev–Trinajstić information content (AvgIpc) is 2.79. The smallest absolute Gasteiger partial charge is 0.209 e. The van der Waals surface area contributed by atoms with Gasteiger partial charge in [-0.2, -0.15) is 0 Å². The standard InChI is InChI=1S/C16H30N4O2S2.HI/c1-7-17-15(18-11-16(4,5)20-24(6,21)22)19-12(2)10-14-9-8-13(3)23-14;/h8-9,12,20H,7,10-11H2,1-6H3,(H2,17,18,19);1H. The minimum atomic E-state index is -3.26. The van der Waals surface area contributed by atoms with Gasteiger partial charge in [0, 0.05) is 34.3 Å². The summed E-state index contributed by atoms with van der Waals surface area (Å²) in [5.41, 5.74) is -0.635. The van der Waals surface area contributed by atoms with E-state index in [9.17, 15) is 8.42 Å². The summed E-state index contributed by atoms with van der Waals surface area (Å²) >= 11 is 1.80. The first-order valence-electron chi connectivity index (χ1n) is 8.10. The highest BCUT2D eigenvalue weighted by atomic mass is 127. The molecule has 1 atom stereocenters. The number of guanidine groups is 1. The van der Waals surface area contributed by atoms with Gasteiger partial charge in [-0.15, -0.1) is 35.3 Å². The number of halogens is 1. The van der Waals surface area contributed by atoms with E-state index < -0.39 is 15.6 Å². The van der Waals surface area contributed by atoms with Gasteiger partial charge in [-0.25, -0.2) is 13.1 Å². The van der Waals surface area contributed by atoms with Crippen LogP contribution in [0.25, 0.3) is 0 Å². The number of sulfonamides is 1. The molecule has 0 bridgehead atoms. The largest absolute Gasteiger partial charge is 0.357 e. The second-order valence-corrected chi connectivity index (χ2v) is 9.84. The number of aliphatic imine (C=N–C) groups is 1. The fourth-order valence-electron chi connectivity index (χ4n) is 2.31. The average molecular weight is 502 g/mol. The van der Waals surface area contributed by atoms with Gasteiger partial charge in [0.25, 0.3) is 0 Å². The molecule has 0 spiro atoms. The van der Waals surface area contributed by atoms with Crippen LogP contribution in [0.1, 0.15) is 37.4 Å². The van der Waals surface area contributed by atoms with E-state index in [1.807, 2.05) is 20.8 Å². The topological polar surface area (TPSA) is 82.6 Å². The summed E-state index contributed by atoms with van der Waals surface area (Å²) in [7, 11) is -3.26. The molecule has 25 heavy (non-hydrogen) atoms. The second-order valence-electron chi connectivity index (χ2n) is 6.72. The molecule has 9 heteroatoms. The van der Waals surface area contributed by atoms with Crippen molar-refractivity contribution in [2.75, 3.05) is 19.3 Å². The van der Waals surface area contributed by atoms with Gasteiger partial charge in [-0.1, -0.05) is 0 Å². The van der Waals surface area contributed by atoms with Gasteiger partial charge in [-0.3, -0.25) is 4.99 Å². The van der Waals surface area contributed by atoms with Crippen molar-refractivity contribution in [2.24, 2.45) is 4.99 Å². The number of thiophene rings is 1. The molecule has 0 saturated heterocycles. The molecular weight excluding hydrogens is 471 g/mol. The van der Waals surface area contributed by atoms with Gasteiger partial charge in [0.1, 0.15) is 0 Å². The summed E-state index contributed by atoms with van der Waals surface area (Å²) in [6, 6.07) is 4.51. The fourth-order valence-corrected chi connectivity index (χ4v) is 4.40. The van der Waals surface area contributed by atoms with Crippen molar-refractivity contribution in [3.63, 3.8) is 0 Å². The van der Waals surface area contributed by atoms with Gasteiger partial charge in [0.15, 0.2) is 5.96 Å². The van der Waals surface area contributed by atoms with Crippen molar-refractivity contribution < 1.29 is 8.42 Å². The molecule has 0 aliphatic carbocycles. The molecule has 0 aliphatic rings. The molecule has 1 rings (SSSR count). The molecule has 6 nitrogen and oxygen atoms in total. The number of rotatable bonds is 8. The molecule has 0 saturated carbocycles. The van der Waals surface area contributed by atoms with Crippen LogP contribution in [0.5, 0.6) is 0 Å². The van der Waals surface area contributed by atoms with Gasteiger partial charge >= 0.3 is 0 Å². The van der Waals surface area contributed by atoms with Crippen molar-refractivity contribution in [2.45, 2.75) is 52.6 Å². The van der Waals surface area contributed by atoms with Crippen LogP contribution in [0.3, 0.4) is 0 Å². The van der Waals surface area contributed by atoms with Gasteiger partial charge < -0.3 is 10.6 Å². The third-order valence-electron chi connectivity index (χ3n) is 3.12. The summed E-state index contributed by atoms with van der Waals surface area (Å²) in [6.45, 7) is 11.0. The third kappa shape index (κ3) is 11.0. The summed E-state index contributed by atoms with van der Waals surface area (Å²) in [4.78, 5) is 7.17. The lowest BCUT2D eigenvalue weighted by molar-refractivity contribution is 0.464. The lowest BCUT2D eigenvalue weighted by Gasteiger charge is -2.24. The van der Waals surface area contributed by atoms with Crippen LogP contribution in [0, 0.1) is 6.92 Å². The Hall–Kier alpha value is -0.390. The molecule has 0 aliphatic heterocycles. The number of hydrogen-bond donors (Lipinski definition) is 3. The summed E-state index contributed by atoms with van der Waals surface area (Å²) in [5.74, 6) is 0.696. The summed E-state index contributed by atoms with van der Waals surface area (Å²) in [5, 5.41) is 6.58. The van der Waals surface area contributed by atoms with Gasteiger partial charge in [-0.05, 0) is 46.8 Å². The van der Waals surface area contributed by atoms with E-state index in [4.69, 9.17) is 0 Å². The van der Waals surface area contributed by atoms with Crippen molar-refractivity contribution in [1.29, 1.82) is 0 Å². The maximum absolute atomic E-state index is 11.4. The summed E-state index contributed by atoms with van der Waals surface area (Å²) in [6.07, 6.45) is 2.08. The zero-order valence-corrected chi connectivity index (χ0v) is 19.8. The van der Waals surface area contributed by atoms with E-state index in [-0.39, 0.29) is 30.0 Å². The van der Waals surface area contributed by atoms with Crippen LogP contribution >= 0.6 is 35.3 Å². The molecule has 0 fully saturated rings. The Morgan fingerprint density at radius 3 is 2.48 bits per heavy atom. The van der Waals surface area contributed by atoms with E-state index in [2.05, 4.69) is 46.3 Å². The zero-order valence-electron chi connectivity index (χ0n) is 15.8. The minimum Gasteiger partial charge on any atom is -0.357 e. The normalized spacial score (nSPS) is 13.9. The maximum atomic E-state index is 11.4. The SMILES string of the molecule is CCNC(=NCC(C)(C)NS(C)(=O)=O)NC(C)Cc1ccc(C)s1.I. The van der Waals surface area contributed by atoms with Crippen LogP contribution in [0.2, 0.25) is 0 Å². The van der Waals surface area contributed by atoms with Crippen LogP contribution < -0.4 is 15.4 Å². The quantitative estimate of drug-likeness (QED) is 0.290. The Bertz CT molecular complexity index is 657. The molecule has 1 aromatic rings. The number of aryl methyl sites for hydroxylation is 1. The van der Waals surface area contributed by atoms with Crippen molar-refractivity contribution in [3.8, 4) is 0 Å². The lowest BCUT2D eigenvalue weighted by atomic mass is 10.1. The Balaban J connectivity index is 0.00000576. The first-order chi connectivity index (χ1) is 11.0. The molecule has 0 amide bonds. The molecule has 1 heterocycles. The monoisotopic (exact) mass is 502 g/mol. The third-order valence-corrected chi connectivity index (χ3v) is 5.07. The molecule has 0 radical (unpaired) electrons. The highest BCUT2D eigenvalue weighted by molar-refractivity contribution is 14.0. The first kappa shape index (κ1) is 24.6. The fraction of sp³-hybridized carbons (Fsp3) is 0.688. The Morgan fingerprint density at radius 2 is 2.00 bits per heavy atom. The van der Waals surface area contributed by atoms with Crippen molar-refractivity contribution in [1.82, 2.24) is 15.4 Å². The first-order valence-corrected chi connectivity index (χ1v) is 10.8. The van der Waals surface area contributed by atoms with Crippen LogP contribution in [-0.2, 0) is 16.4 Å². The van der Waals surface area contributed by atoms with E-state index in [0.29, 0.717) is 12.5 Å². The Labute approximate surface area is 173 Å². The van der Waals surface area contributed by atoms with Crippen LogP contribution in [0.4, 0.5) is 0 Å². The van der Waals surface area contributed by atoms with Crippen LogP contribution in [-0.4, -0.2) is 45.3 Å². The van der Waals surface area contributed by atoms with Crippen molar-refractivity contribution in [3.05, 3.63) is 21.9 Å². The van der Waals surface area contributed by atoms with Crippen molar-refractivity contribution >= 4 is 51.3 Å². The number of nitrogens with one attached hydrogen (secondary N) is 3. The highest BCUT2D eigenvalue weighted by Gasteiger charge is 2.22. The predicted octanol–water partition coefficient (Wildman–Crippen LogP) is 2.49. The number of nitrogens with zero attached hydrogens (tertiary/aromatic N) is 1. The molecular formula is C16H31IN4O2S2. The number of hydrogen-bond acceptors (Lipinski definition) is 4. The highest BCUT2D eigenvalue weighted by Crippen LogP contribution is 2.16. The van der Waals surface area contributed by atoms with Crippen LogP contribution in [0.15, 0.2) is 17.1 Å². The molecule has 1 unspecified atom stereocenters. The molecule has 1 aromatic heterocycles. The Morgan fingerprint density at radius 1 is 1.36 bits per heavy atom. The van der Waals surface area contributed by atoms with Gasteiger partial charge in [0.2, 0.25) is 10.0 Å². The second kappa shape index (κ2) is 10.7. The Kier molecular flexibility index (Phi) is 10.5. The predicted molar refractivity (Wildman–Crippen MR) is 119 cm³/mol. The minimum absolute atomic E-state index is 0. The molecule has 146 valence electrons. The van der Waals surface area contributed by atoms with E-state index in [0.717, 1.165) is 19.2 Å². The zero-order chi connectivity index (χ0) is 18.4. The molecule has 3 N–H and O–H groups in total. The van der Waals surface area contributed by atoms with E-state index in [1.54, 1.807) is 11.3 Å². The van der Waals surface area contributed by atoms with Gasteiger partial charge in [0.05, 0.1) is 12.8 Å². The summed E-state index contributed by atoms with van der Waals surface area (Å²) < 4.78 is 25.4. The van der Waals surface area contributed by atoms with E-state index in [1.165, 1.54) is 9.75 Å². The lowest BCUT2D eigenvalue weighted by Crippen LogP contribution is -2.48. The van der Waals surface area contributed by atoms with E-state index >= 15 is 0 Å².